The molecule has 72 heavy (non-hydrogen) atoms. The monoisotopic (exact) mass is 921 g/mol. The molecule has 0 aliphatic heterocycles. The number of hydrogen-bond donors (Lipinski definition) is 0. The summed E-state index contributed by atoms with van der Waals surface area (Å²) in [7, 11) is 0. The highest BCUT2D eigenvalue weighted by Crippen LogP contribution is 2.55. The molecule has 0 amide bonds. The van der Waals surface area contributed by atoms with E-state index in [1.54, 1.807) is 0 Å². The van der Waals surface area contributed by atoms with Gasteiger partial charge in [0.25, 0.3) is 0 Å². The second-order valence-corrected chi connectivity index (χ2v) is 19.0. The quantitative estimate of drug-likeness (QED) is 0.110. The second kappa shape index (κ2) is 19.2. The van der Waals surface area contributed by atoms with Crippen LogP contribution in [0.4, 0.5) is 17.1 Å². The van der Waals surface area contributed by atoms with Gasteiger partial charge in [0.1, 0.15) is 0 Å². The number of rotatable bonds is 12. The molecule has 0 saturated heterocycles. The Labute approximate surface area is 424 Å². The maximum Gasteiger partial charge on any atom is 0.0465 e. The van der Waals surface area contributed by atoms with Gasteiger partial charge in [-0.2, -0.15) is 0 Å². The van der Waals surface area contributed by atoms with Crippen molar-refractivity contribution in [3.63, 3.8) is 0 Å². The molecule has 11 aromatic carbocycles. The summed E-state index contributed by atoms with van der Waals surface area (Å²) in [6.07, 6.45) is 6.67. The van der Waals surface area contributed by atoms with E-state index in [0.29, 0.717) is 0 Å². The van der Waals surface area contributed by atoms with Crippen LogP contribution in [0, 0.1) is 0 Å². The molecule has 344 valence electrons. The fourth-order valence-electron chi connectivity index (χ4n) is 11.7. The summed E-state index contributed by atoms with van der Waals surface area (Å²) in [6, 6.07) is 95.7. The molecule has 0 N–H and O–H groups in total. The molecule has 0 saturated carbocycles. The van der Waals surface area contributed by atoms with Crippen molar-refractivity contribution >= 4 is 40.0 Å². The normalized spacial score (nSPS) is 12.5. The summed E-state index contributed by atoms with van der Waals surface area (Å²) < 4.78 is 0. The van der Waals surface area contributed by atoms with Crippen LogP contribution in [0.25, 0.3) is 89.7 Å². The van der Waals surface area contributed by atoms with Gasteiger partial charge in [-0.3, -0.25) is 0 Å². The number of nitrogens with zero attached hydrogens (tertiary/aromatic N) is 1. The van der Waals surface area contributed by atoms with Gasteiger partial charge >= 0.3 is 0 Å². The van der Waals surface area contributed by atoms with E-state index in [-0.39, 0.29) is 5.41 Å². The van der Waals surface area contributed by atoms with Crippen LogP contribution in [0.15, 0.2) is 261 Å². The highest BCUT2D eigenvalue weighted by molar-refractivity contribution is 6.12. The first-order valence-corrected chi connectivity index (χ1v) is 25.5. The number of para-hydroxylation sites is 2. The topological polar surface area (TPSA) is 3.24 Å². The third-order valence-electron chi connectivity index (χ3n) is 15.2. The molecule has 0 atom stereocenters. The standard InChI is InChI=1S/C71H55N/c1-3-71(4-2)66-47-50(40-44-62(66)63-46-43-58(48-67(63)71)72(56-33-19-9-20-34-56)57-35-21-10-22-36-57)39-41-52-42-45-61(60-38-24-23-37-59(52)60)65-49-64(51-25-11-5-12-26-51)68(53-27-13-6-14-28-53)70(55-31-17-8-18-32-55)69(65)54-29-15-7-16-30-54/h5-49H,3-4H2,1-2H3/b41-39+. The average molecular weight is 922 g/mol. The van der Waals surface area contributed by atoms with E-state index in [1.807, 2.05) is 0 Å². The van der Waals surface area contributed by atoms with Gasteiger partial charge in [0.05, 0.1) is 0 Å². The first kappa shape index (κ1) is 44.4. The Morgan fingerprint density at radius 3 is 1.32 bits per heavy atom. The maximum atomic E-state index is 2.47. The molecule has 1 aliphatic carbocycles. The fraction of sp³-hybridized carbons (Fsp3) is 0.0704. The van der Waals surface area contributed by atoms with Crippen molar-refractivity contribution in [2.75, 3.05) is 4.90 Å². The molecular weight excluding hydrogens is 867 g/mol. The van der Waals surface area contributed by atoms with Crippen LogP contribution >= 0.6 is 0 Å². The lowest BCUT2D eigenvalue weighted by Gasteiger charge is -2.32. The van der Waals surface area contributed by atoms with Crippen molar-refractivity contribution in [3.8, 4) is 66.8 Å². The van der Waals surface area contributed by atoms with Crippen LogP contribution in [-0.4, -0.2) is 0 Å². The minimum Gasteiger partial charge on any atom is -0.310 e. The molecule has 1 heteroatoms. The predicted molar refractivity (Wildman–Crippen MR) is 308 cm³/mol. The molecule has 1 aliphatic rings. The van der Waals surface area contributed by atoms with Crippen molar-refractivity contribution in [1.29, 1.82) is 0 Å². The molecule has 0 spiro atoms. The molecule has 0 aromatic heterocycles. The Bertz CT molecular complexity index is 3680. The van der Waals surface area contributed by atoms with Crippen LogP contribution in [0.2, 0.25) is 0 Å². The SMILES string of the molecule is CCC1(CC)c2cc(/C=C/c3ccc(-c4cc(-c5ccccc5)c(-c5ccccc5)c(-c5ccccc5)c4-c4ccccc4)c4ccccc34)ccc2-c2ccc(N(c3ccccc3)c3ccccc3)cc21. The molecule has 0 unspecified atom stereocenters. The lowest BCUT2D eigenvalue weighted by Crippen LogP contribution is -2.23. The van der Waals surface area contributed by atoms with Gasteiger partial charge in [0.2, 0.25) is 0 Å². The average Bonchev–Trinajstić information content (AvgIpc) is 3.73. The molecule has 0 bridgehead atoms. The first-order chi connectivity index (χ1) is 35.6. The fourth-order valence-corrected chi connectivity index (χ4v) is 11.7. The summed E-state index contributed by atoms with van der Waals surface area (Å²) in [5, 5.41) is 2.44. The number of benzene rings is 11. The highest BCUT2D eigenvalue weighted by atomic mass is 15.1. The third-order valence-corrected chi connectivity index (χ3v) is 15.2. The van der Waals surface area contributed by atoms with Crippen molar-refractivity contribution in [1.82, 2.24) is 0 Å². The lowest BCUT2D eigenvalue weighted by atomic mass is 9.73. The summed E-state index contributed by atoms with van der Waals surface area (Å²) in [5.41, 5.74) is 23.3. The molecule has 0 radical (unpaired) electrons. The van der Waals surface area contributed by atoms with Crippen LogP contribution in [-0.2, 0) is 5.41 Å². The number of fused-ring (bicyclic) bond motifs is 4. The van der Waals surface area contributed by atoms with E-state index in [0.717, 1.165) is 24.2 Å². The van der Waals surface area contributed by atoms with Crippen molar-refractivity contribution in [2.45, 2.75) is 32.1 Å². The Morgan fingerprint density at radius 2 is 0.764 bits per heavy atom. The van der Waals surface area contributed by atoms with Crippen LogP contribution in [0.1, 0.15) is 48.9 Å². The summed E-state index contributed by atoms with van der Waals surface area (Å²) in [5.74, 6) is 0. The number of anilines is 3. The highest BCUT2D eigenvalue weighted by Gasteiger charge is 2.41. The summed E-state index contributed by atoms with van der Waals surface area (Å²) >= 11 is 0. The van der Waals surface area contributed by atoms with Gasteiger partial charge in [0.15, 0.2) is 0 Å². The Morgan fingerprint density at radius 1 is 0.319 bits per heavy atom. The van der Waals surface area contributed by atoms with Gasteiger partial charge in [0, 0.05) is 22.5 Å². The molecule has 1 nitrogen and oxygen atoms in total. The largest absolute Gasteiger partial charge is 0.310 e. The van der Waals surface area contributed by atoms with E-state index in [2.05, 4.69) is 292 Å². The predicted octanol–water partition coefficient (Wildman–Crippen LogP) is 19.9. The zero-order valence-corrected chi connectivity index (χ0v) is 40.8. The lowest BCUT2D eigenvalue weighted by molar-refractivity contribution is 0.490. The van der Waals surface area contributed by atoms with E-state index in [1.165, 1.54) is 105 Å². The summed E-state index contributed by atoms with van der Waals surface area (Å²) in [4.78, 5) is 2.38. The van der Waals surface area contributed by atoms with Crippen LogP contribution < -0.4 is 4.90 Å². The summed E-state index contributed by atoms with van der Waals surface area (Å²) in [6.45, 7) is 4.73. The van der Waals surface area contributed by atoms with Crippen molar-refractivity contribution < 1.29 is 0 Å². The van der Waals surface area contributed by atoms with E-state index in [9.17, 15) is 0 Å². The smallest absolute Gasteiger partial charge is 0.0465 e. The zero-order chi connectivity index (χ0) is 48.4. The molecule has 0 heterocycles. The van der Waals surface area contributed by atoms with E-state index < -0.39 is 0 Å². The molecular formula is C71H55N. The number of hydrogen-bond acceptors (Lipinski definition) is 1. The van der Waals surface area contributed by atoms with Crippen LogP contribution in [0.3, 0.4) is 0 Å². The van der Waals surface area contributed by atoms with Crippen molar-refractivity contribution in [3.05, 3.63) is 283 Å². The zero-order valence-electron chi connectivity index (χ0n) is 40.8. The van der Waals surface area contributed by atoms with Gasteiger partial charge in [-0.1, -0.05) is 244 Å². The van der Waals surface area contributed by atoms with E-state index in [4.69, 9.17) is 0 Å². The molecule has 11 aromatic rings. The Balaban J connectivity index is 0.987. The van der Waals surface area contributed by atoms with Gasteiger partial charge in [-0.15, -0.1) is 0 Å². The Kier molecular flexibility index (Phi) is 11.8. The van der Waals surface area contributed by atoms with E-state index >= 15 is 0 Å². The Hall–Kier alpha value is -8.78. The first-order valence-electron chi connectivity index (χ1n) is 25.5. The van der Waals surface area contributed by atoms with Gasteiger partial charge in [-0.05, 0) is 155 Å². The van der Waals surface area contributed by atoms with Crippen molar-refractivity contribution in [2.24, 2.45) is 0 Å². The molecule has 12 rings (SSSR count). The maximum absolute atomic E-state index is 2.47. The van der Waals surface area contributed by atoms with Gasteiger partial charge < -0.3 is 4.90 Å². The minimum absolute atomic E-state index is 0.109. The second-order valence-electron chi connectivity index (χ2n) is 19.0. The third kappa shape index (κ3) is 7.85. The van der Waals surface area contributed by atoms with Crippen LogP contribution in [0.5, 0.6) is 0 Å². The molecule has 0 fully saturated rings. The minimum atomic E-state index is -0.109. The van der Waals surface area contributed by atoms with Gasteiger partial charge in [-0.25, -0.2) is 0 Å².